The summed E-state index contributed by atoms with van der Waals surface area (Å²) in [6.07, 6.45) is 6.10. The van der Waals surface area contributed by atoms with Crippen LogP contribution in [0, 0.1) is 6.92 Å². The van der Waals surface area contributed by atoms with Gasteiger partial charge in [-0.3, -0.25) is 4.79 Å². The van der Waals surface area contributed by atoms with E-state index >= 15 is 0 Å². The first kappa shape index (κ1) is 17.9. The van der Waals surface area contributed by atoms with Gasteiger partial charge in [0.2, 0.25) is 5.78 Å². The zero-order valence-corrected chi connectivity index (χ0v) is 15.2. The predicted octanol–water partition coefficient (Wildman–Crippen LogP) is 4.89. The molecule has 0 fully saturated rings. The van der Waals surface area contributed by atoms with Crippen molar-refractivity contribution in [1.82, 2.24) is 4.57 Å². The lowest BCUT2D eigenvalue weighted by Crippen LogP contribution is -2.09. The minimum absolute atomic E-state index is 0.0305. The molecule has 3 aromatic rings. The maximum absolute atomic E-state index is 12.8. The number of hydrogen-bond acceptors (Lipinski definition) is 2. The lowest BCUT2D eigenvalue weighted by Gasteiger charge is -2.07. The van der Waals surface area contributed by atoms with Gasteiger partial charge in [-0.2, -0.15) is 0 Å². The first-order valence-electron chi connectivity index (χ1n) is 8.68. The van der Waals surface area contributed by atoms with E-state index < -0.39 is 0 Å². The molecule has 3 nitrogen and oxygen atoms in total. The van der Waals surface area contributed by atoms with Crippen LogP contribution in [0.5, 0.6) is 0 Å². The van der Waals surface area contributed by atoms with Gasteiger partial charge in [0.25, 0.3) is 0 Å². The van der Waals surface area contributed by atoms with E-state index in [4.69, 9.17) is 4.74 Å². The molecule has 3 rings (SSSR count). The number of allylic oxidation sites excluding steroid dienone is 1. The summed E-state index contributed by atoms with van der Waals surface area (Å²) in [4.78, 5) is 12.8. The molecule has 0 unspecified atom stereocenters. The number of aryl methyl sites for hydroxylation is 1. The molecule has 0 saturated carbocycles. The second-order valence-corrected chi connectivity index (χ2v) is 6.32. The van der Waals surface area contributed by atoms with Gasteiger partial charge in [0.15, 0.2) is 0 Å². The Labute approximate surface area is 154 Å². The lowest BCUT2D eigenvalue weighted by atomic mass is 10.1. The molecule has 0 aliphatic rings. The number of rotatable bonds is 7. The van der Waals surface area contributed by atoms with Crippen molar-refractivity contribution >= 4 is 11.9 Å². The first-order valence-corrected chi connectivity index (χ1v) is 8.68. The van der Waals surface area contributed by atoms with Crippen molar-refractivity contribution in [3.8, 4) is 0 Å². The summed E-state index contributed by atoms with van der Waals surface area (Å²) in [6.45, 7) is 3.29. The Balaban J connectivity index is 1.72. The molecular formula is C23H23NO2. The predicted molar refractivity (Wildman–Crippen MR) is 105 cm³/mol. The van der Waals surface area contributed by atoms with Crippen LogP contribution in [0.4, 0.5) is 0 Å². The zero-order chi connectivity index (χ0) is 18.4. The first-order chi connectivity index (χ1) is 12.7. The van der Waals surface area contributed by atoms with E-state index in [1.165, 1.54) is 11.1 Å². The van der Waals surface area contributed by atoms with E-state index in [2.05, 4.69) is 37.3 Å². The van der Waals surface area contributed by atoms with Gasteiger partial charge in [-0.15, -0.1) is 0 Å². The van der Waals surface area contributed by atoms with Crippen molar-refractivity contribution in [3.63, 3.8) is 0 Å². The van der Waals surface area contributed by atoms with Crippen LogP contribution in [-0.4, -0.2) is 17.5 Å². The largest absolute Gasteiger partial charge is 0.380 e. The fourth-order valence-electron chi connectivity index (χ4n) is 2.92. The molecule has 0 aliphatic carbocycles. The Morgan fingerprint density at radius 3 is 2.62 bits per heavy atom. The fraction of sp³-hybridized carbons (Fsp3) is 0.174. The number of carbonyl (C=O) groups is 1. The monoisotopic (exact) mass is 345 g/mol. The Morgan fingerprint density at radius 1 is 1.08 bits per heavy atom. The van der Waals surface area contributed by atoms with Gasteiger partial charge in [0.05, 0.1) is 12.3 Å². The third-order valence-corrected chi connectivity index (χ3v) is 4.24. The van der Waals surface area contributed by atoms with Crippen molar-refractivity contribution in [1.29, 1.82) is 0 Å². The third kappa shape index (κ3) is 4.38. The maximum Gasteiger partial charge on any atom is 0.209 e. The van der Waals surface area contributed by atoms with Crippen LogP contribution in [0.25, 0.3) is 6.08 Å². The molecule has 1 aromatic heterocycles. The average molecular weight is 345 g/mol. The van der Waals surface area contributed by atoms with E-state index in [-0.39, 0.29) is 5.78 Å². The highest BCUT2D eigenvalue weighted by Crippen LogP contribution is 2.14. The molecule has 0 bridgehead atoms. The number of carbonyl (C=O) groups excluding carboxylic acids is 1. The second kappa shape index (κ2) is 8.45. The van der Waals surface area contributed by atoms with Gasteiger partial charge in [0.1, 0.15) is 0 Å². The Hall–Kier alpha value is -2.91. The number of ether oxygens (including phenoxy) is 1. The van der Waals surface area contributed by atoms with Crippen molar-refractivity contribution in [2.24, 2.45) is 0 Å². The Bertz CT molecular complexity index is 904. The molecule has 0 atom stereocenters. The summed E-state index contributed by atoms with van der Waals surface area (Å²) in [5, 5.41) is 0. The van der Waals surface area contributed by atoms with Gasteiger partial charge >= 0.3 is 0 Å². The van der Waals surface area contributed by atoms with Crippen LogP contribution in [0.2, 0.25) is 0 Å². The van der Waals surface area contributed by atoms with Crippen molar-refractivity contribution < 1.29 is 9.53 Å². The molecule has 132 valence electrons. The summed E-state index contributed by atoms with van der Waals surface area (Å²) >= 11 is 0. The molecule has 2 aromatic carbocycles. The number of benzene rings is 2. The normalized spacial score (nSPS) is 11.2. The summed E-state index contributed by atoms with van der Waals surface area (Å²) in [6, 6.07) is 19.7. The molecule has 1 heterocycles. The van der Waals surface area contributed by atoms with Crippen molar-refractivity contribution in [2.75, 3.05) is 7.11 Å². The van der Waals surface area contributed by atoms with Crippen LogP contribution in [-0.2, 0) is 17.9 Å². The lowest BCUT2D eigenvalue weighted by molar-refractivity contribution is 0.103. The van der Waals surface area contributed by atoms with Crippen molar-refractivity contribution in [3.05, 3.63) is 101 Å². The molecule has 0 saturated heterocycles. The molecule has 0 amide bonds. The number of ketones is 1. The summed E-state index contributed by atoms with van der Waals surface area (Å²) < 4.78 is 7.08. The van der Waals surface area contributed by atoms with E-state index in [1.807, 2.05) is 53.2 Å². The third-order valence-electron chi connectivity index (χ3n) is 4.24. The SMILES string of the molecule is COCc1ccc(C(=O)c2cccn2C/C=C/c2cccc(C)c2)cc1. The van der Waals surface area contributed by atoms with Gasteiger partial charge in [0, 0.05) is 25.4 Å². The number of nitrogens with zero attached hydrogens (tertiary/aromatic N) is 1. The summed E-state index contributed by atoms with van der Waals surface area (Å²) in [7, 11) is 1.66. The van der Waals surface area contributed by atoms with Crippen LogP contribution in [0.15, 0.2) is 72.9 Å². The zero-order valence-electron chi connectivity index (χ0n) is 15.2. The molecular weight excluding hydrogens is 322 g/mol. The Kier molecular flexibility index (Phi) is 5.82. The van der Waals surface area contributed by atoms with Gasteiger partial charge in [-0.25, -0.2) is 0 Å². The molecule has 0 spiro atoms. The van der Waals surface area contributed by atoms with E-state index in [9.17, 15) is 4.79 Å². The van der Waals surface area contributed by atoms with Crippen LogP contribution in [0.1, 0.15) is 32.7 Å². The van der Waals surface area contributed by atoms with E-state index in [0.717, 1.165) is 5.56 Å². The molecule has 0 radical (unpaired) electrons. The highest BCUT2D eigenvalue weighted by molar-refractivity contribution is 6.08. The summed E-state index contributed by atoms with van der Waals surface area (Å²) in [5.41, 5.74) is 4.84. The molecule has 0 aliphatic heterocycles. The molecule has 3 heteroatoms. The number of hydrogen-bond donors (Lipinski definition) is 0. The van der Waals surface area contributed by atoms with Crippen LogP contribution >= 0.6 is 0 Å². The van der Waals surface area contributed by atoms with Crippen LogP contribution < -0.4 is 0 Å². The quantitative estimate of drug-likeness (QED) is 0.571. The van der Waals surface area contributed by atoms with E-state index in [1.54, 1.807) is 7.11 Å². The standard InChI is InChI=1S/C23H23NO2/c1-18-6-3-7-19(16-18)8-4-14-24-15-5-9-22(24)23(25)21-12-10-20(11-13-21)17-26-2/h3-13,15-16H,14,17H2,1-2H3/b8-4+. The second-order valence-electron chi connectivity index (χ2n) is 6.32. The summed E-state index contributed by atoms with van der Waals surface area (Å²) in [5.74, 6) is 0.0305. The van der Waals surface area contributed by atoms with Gasteiger partial charge in [-0.05, 0) is 30.2 Å². The minimum Gasteiger partial charge on any atom is -0.380 e. The van der Waals surface area contributed by atoms with E-state index in [0.29, 0.717) is 24.4 Å². The molecule has 0 N–H and O–H groups in total. The van der Waals surface area contributed by atoms with Gasteiger partial charge in [-0.1, -0.05) is 66.2 Å². The smallest absolute Gasteiger partial charge is 0.209 e. The topological polar surface area (TPSA) is 31.2 Å². The minimum atomic E-state index is 0.0305. The Morgan fingerprint density at radius 2 is 1.88 bits per heavy atom. The van der Waals surface area contributed by atoms with Gasteiger partial charge < -0.3 is 9.30 Å². The highest BCUT2D eigenvalue weighted by atomic mass is 16.5. The van der Waals surface area contributed by atoms with Crippen LogP contribution in [0.3, 0.4) is 0 Å². The van der Waals surface area contributed by atoms with Crippen molar-refractivity contribution in [2.45, 2.75) is 20.1 Å². The maximum atomic E-state index is 12.8. The number of aromatic nitrogens is 1. The number of methoxy groups -OCH3 is 1. The molecule has 26 heavy (non-hydrogen) atoms. The fourth-order valence-corrected chi connectivity index (χ4v) is 2.92. The highest BCUT2D eigenvalue weighted by Gasteiger charge is 2.12. The average Bonchev–Trinajstić information content (AvgIpc) is 3.11.